The highest BCUT2D eigenvalue weighted by Crippen LogP contribution is 2.25. The van der Waals surface area contributed by atoms with E-state index >= 15 is 0 Å². The van der Waals surface area contributed by atoms with Crippen molar-refractivity contribution in [1.82, 2.24) is 9.97 Å². The summed E-state index contributed by atoms with van der Waals surface area (Å²) >= 11 is 0. The fraction of sp³-hybridized carbons (Fsp3) is 0.0909. The number of nitrogens with zero attached hydrogens (tertiary/aromatic N) is 3. The summed E-state index contributed by atoms with van der Waals surface area (Å²) < 4.78 is 12.9. The van der Waals surface area contributed by atoms with Gasteiger partial charge in [-0.2, -0.15) is 0 Å². The van der Waals surface area contributed by atoms with Crippen LogP contribution in [0.5, 0.6) is 0 Å². The second-order valence-electron chi connectivity index (χ2n) is 3.47. The minimum Gasteiger partial charge on any atom is -0.374 e. The maximum Gasteiger partial charge on any atom is 0.295 e. The van der Waals surface area contributed by atoms with Crippen LogP contribution in [0, 0.1) is 15.9 Å². The third kappa shape index (κ3) is 2.76. The van der Waals surface area contributed by atoms with Gasteiger partial charge in [-0.05, 0) is 12.1 Å². The minimum atomic E-state index is -0.647. The minimum absolute atomic E-state index is 0.243. The van der Waals surface area contributed by atoms with E-state index in [-0.39, 0.29) is 17.9 Å². The van der Waals surface area contributed by atoms with Crippen molar-refractivity contribution in [2.75, 3.05) is 5.32 Å². The van der Waals surface area contributed by atoms with E-state index in [0.29, 0.717) is 5.69 Å². The summed E-state index contributed by atoms with van der Waals surface area (Å²) in [5.74, 6) is -0.647. The van der Waals surface area contributed by atoms with Gasteiger partial charge in [-0.25, -0.2) is 4.39 Å². The highest BCUT2D eigenvalue weighted by atomic mass is 19.1. The van der Waals surface area contributed by atoms with Crippen LogP contribution in [0.4, 0.5) is 15.8 Å². The molecular formula is C11H9FN4O2. The van der Waals surface area contributed by atoms with E-state index in [0.717, 1.165) is 12.1 Å². The Hall–Kier alpha value is -2.57. The SMILES string of the molecule is O=[N+]([O-])c1cc(F)ccc1NCc1cnccn1. The van der Waals surface area contributed by atoms with Crippen LogP contribution in [-0.4, -0.2) is 14.9 Å². The molecule has 0 unspecified atom stereocenters. The first-order chi connectivity index (χ1) is 8.66. The van der Waals surface area contributed by atoms with Crippen molar-refractivity contribution in [3.63, 3.8) is 0 Å². The summed E-state index contributed by atoms with van der Waals surface area (Å²) in [6.07, 6.45) is 4.60. The average molecular weight is 248 g/mol. The molecule has 0 saturated heterocycles. The van der Waals surface area contributed by atoms with E-state index < -0.39 is 10.7 Å². The van der Waals surface area contributed by atoms with Crippen molar-refractivity contribution in [1.29, 1.82) is 0 Å². The number of nitrogens with one attached hydrogen (secondary N) is 1. The molecule has 7 heteroatoms. The summed E-state index contributed by atoms with van der Waals surface area (Å²) in [4.78, 5) is 18.0. The molecular weight excluding hydrogens is 239 g/mol. The number of nitro benzene ring substituents is 1. The van der Waals surface area contributed by atoms with Gasteiger partial charge in [-0.3, -0.25) is 20.1 Å². The predicted molar refractivity (Wildman–Crippen MR) is 62.4 cm³/mol. The second kappa shape index (κ2) is 5.17. The van der Waals surface area contributed by atoms with Gasteiger partial charge in [-0.1, -0.05) is 0 Å². The summed E-state index contributed by atoms with van der Waals surface area (Å²) in [5.41, 5.74) is 0.571. The Balaban J connectivity index is 2.17. The number of nitro groups is 1. The van der Waals surface area contributed by atoms with Crippen LogP contribution >= 0.6 is 0 Å². The molecule has 92 valence electrons. The molecule has 0 atom stereocenters. The van der Waals surface area contributed by atoms with E-state index in [1.807, 2.05) is 0 Å². The zero-order valence-electron chi connectivity index (χ0n) is 9.21. The largest absolute Gasteiger partial charge is 0.374 e. The molecule has 1 N–H and O–H groups in total. The molecule has 0 spiro atoms. The van der Waals surface area contributed by atoms with Gasteiger partial charge >= 0.3 is 0 Å². The van der Waals surface area contributed by atoms with Gasteiger partial charge < -0.3 is 5.32 Å². The van der Waals surface area contributed by atoms with Gasteiger partial charge in [0.15, 0.2) is 0 Å². The molecule has 0 radical (unpaired) electrons. The van der Waals surface area contributed by atoms with Crippen LogP contribution in [0.1, 0.15) is 5.69 Å². The molecule has 0 saturated carbocycles. The Morgan fingerprint density at radius 3 is 2.89 bits per heavy atom. The maximum absolute atomic E-state index is 12.9. The van der Waals surface area contributed by atoms with E-state index in [1.165, 1.54) is 18.5 Å². The third-order valence-electron chi connectivity index (χ3n) is 2.23. The lowest BCUT2D eigenvalue weighted by Crippen LogP contribution is -2.04. The normalized spacial score (nSPS) is 10.1. The number of halogens is 1. The molecule has 18 heavy (non-hydrogen) atoms. The maximum atomic E-state index is 12.9. The van der Waals surface area contributed by atoms with Crippen LogP contribution < -0.4 is 5.32 Å². The fourth-order valence-corrected chi connectivity index (χ4v) is 1.41. The summed E-state index contributed by atoms with van der Waals surface area (Å²) in [6, 6.07) is 3.36. The Morgan fingerprint density at radius 2 is 2.22 bits per heavy atom. The zero-order chi connectivity index (χ0) is 13.0. The molecule has 1 heterocycles. The topological polar surface area (TPSA) is 81.0 Å². The molecule has 0 fully saturated rings. The zero-order valence-corrected chi connectivity index (χ0v) is 9.21. The quantitative estimate of drug-likeness (QED) is 0.662. The van der Waals surface area contributed by atoms with Crippen molar-refractivity contribution in [3.8, 4) is 0 Å². The van der Waals surface area contributed by atoms with E-state index in [1.54, 1.807) is 6.20 Å². The van der Waals surface area contributed by atoms with Gasteiger partial charge in [0.1, 0.15) is 11.5 Å². The van der Waals surface area contributed by atoms with Crippen molar-refractivity contribution >= 4 is 11.4 Å². The standard InChI is InChI=1S/C11H9FN4O2/c12-8-1-2-10(11(5-8)16(17)18)15-7-9-6-13-3-4-14-9/h1-6,15H,7H2. The molecule has 1 aromatic heterocycles. The third-order valence-corrected chi connectivity index (χ3v) is 2.23. The first kappa shape index (κ1) is 11.9. The number of rotatable bonds is 4. The number of hydrogen-bond acceptors (Lipinski definition) is 5. The van der Waals surface area contributed by atoms with Crippen LogP contribution in [0.3, 0.4) is 0 Å². The monoisotopic (exact) mass is 248 g/mol. The highest BCUT2D eigenvalue weighted by molar-refractivity contribution is 5.61. The van der Waals surface area contributed by atoms with Gasteiger partial charge in [-0.15, -0.1) is 0 Å². The average Bonchev–Trinajstić information content (AvgIpc) is 2.38. The van der Waals surface area contributed by atoms with Gasteiger partial charge in [0, 0.05) is 12.4 Å². The van der Waals surface area contributed by atoms with E-state index in [2.05, 4.69) is 15.3 Å². The number of hydrogen-bond donors (Lipinski definition) is 1. The Kier molecular flexibility index (Phi) is 3.42. The van der Waals surface area contributed by atoms with Crippen LogP contribution in [0.15, 0.2) is 36.8 Å². The van der Waals surface area contributed by atoms with Crippen molar-refractivity contribution < 1.29 is 9.31 Å². The molecule has 2 aromatic rings. The molecule has 0 bridgehead atoms. The van der Waals surface area contributed by atoms with Crippen LogP contribution in [0.25, 0.3) is 0 Å². The smallest absolute Gasteiger partial charge is 0.295 e. The van der Waals surface area contributed by atoms with Crippen molar-refractivity contribution in [2.45, 2.75) is 6.54 Å². The molecule has 1 aromatic carbocycles. The molecule has 0 aliphatic heterocycles. The van der Waals surface area contributed by atoms with E-state index in [4.69, 9.17) is 0 Å². The van der Waals surface area contributed by atoms with Crippen molar-refractivity contribution in [2.24, 2.45) is 0 Å². The number of aromatic nitrogens is 2. The Bertz CT molecular complexity index is 562. The predicted octanol–water partition coefficient (Wildman–Crippen LogP) is 2.14. The van der Waals surface area contributed by atoms with Crippen molar-refractivity contribution in [3.05, 3.63) is 58.4 Å². The lowest BCUT2D eigenvalue weighted by Gasteiger charge is -2.06. The molecule has 0 aliphatic carbocycles. The fourth-order valence-electron chi connectivity index (χ4n) is 1.41. The van der Waals surface area contributed by atoms with Crippen LogP contribution in [0.2, 0.25) is 0 Å². The highest BCUT2D eigenvalue weighted by Gasteiger charge is 2.14. The van der Waals surface area contributed by atoms with Crippen LogP contribution in [-0.2, 0) is 6.54 Å². The summed E-state index contributed by atoms with van der Waals surface area (Å²) in [7, 11) is 0. The summed E-state index contributed by atoms with van der Waals surface area (Å²) in [5, 5.41) is 13.6. The first-order valence-corrected chi connectivity index (χ1v) is 5.09. The summed E-state index contributed by atoms with van der Waals surface area (Å²) in [6.45, 7) is 0.278. The molecule has 6 nitrogen and oxygen atoms in total. The Labute approximate surface area is 102 Å². The second-order valence-corrected chi connectivity index (χ2v) is 3.47. The van der Waals surface area contributed by atoms with Gasteiger partial charge in [0.25, 0.3) is 5.69 Å². The molecule has 2 rings (SSSR count). The Morgan fingerprint density at radius 1 is 1.39 bits per heavy atom. The van der Waals surface area contributed by atoms with E-state index in [9.17, 15) is 14.5 Å². The molecule has 0 aliphatic rings. The lowest BCUT2D eigenvalue weighted by molar-refractivity contribution is -0.384. The van der Waals surface area contributed by atoms with Gasteiger partial charge in [0.05, 0.1) is 29.4 Å². The number of anilines is 1. The first-order valence-electron chi connectivity index (χ1n) is 5.09. The molecule has 0 amide bonds. The number of benzene rings is 1. The van der Waals surface area contributed by atoms with Gasteiger partial charge in [0.2, 0.25) is 0 Å². The lowest BCUT2D eigenvalue weighted by atomic mass is 10.2.